The van der Waals surface area contributed by atoms with E-state index in [1.807, 2.05) is 14.0 Å². The van der Waals surface area contributed by atoms with Crippen LogP contribution in [-0.4, -0.2) is 23.6 Å². The molecule has 0 atom stereocenters. The fourth-order valence-corrected chi connectivity index (χ4v) is 1.64. The molecular weight excluding hydrogens is 190 g/mol. The van der Waals surface area contributed by atoms with Crippen LogP contribution in [0, 0.1) is 5.92 Å². The van der Waals surface area contributed by atoms with Gasteiger partial charge < -0.3 is 9.88 Å². The number of nitrogens with zero attached hydrogens (tertiary/aromatic N) is 2. The molecule has 0 spiro atoms. The monoisotopic (exact) mass is 207 g/mol. The first-order valence-corrected chi connectivity index (χ1v) is 5.50. The molecule has 1 fully saturated rings. The molecule has 1 aromatic heterocycles. The number of anilines is 1. The molecule has 15 heavy (non-hydrogen) atoms. The summed E-state index contributed by atoms with van der Waals surface area (Å²) in [6.07, 6.45) is 3.39. The van der Waals surface area contributed by atoms with Gasteiger partial charge in [-0.1, -0.05) is 6.92 Å². The zero-order chi connectivity index (χ0) is 10.8. The van der Waals surface area contributed by atoms with Crippen molar-refractivity contribution in [2.45, 2.75) is 26.2 Å². The van der Waals surface area contributed by atoms with E-state index in [0.29, 0.717) is 0 Å². The zero-order valence-electron chi connectivity index (χ0n) is 9.29. The topological polar surface area (TPSA) is 49.0 Å². The Labute approximate surface area is 89.3 Å². The molecule has 1 N–H and O–H groups in total. The smallest absolute Gasteiger partial charge is 0.252 e. The van der Waals surface area contributed by atoms with Gasteiger partial charge in [0, 0.05) is 26.1 Å². The lowest BCUT2D eigenvalue weighted by atomic mass is 10.3. The summed E-state index contributed by atoms with van der Waals surface area (Å²) in [5, 5.41) is 0. The average molecular weight is 207 g/mol. The van der Waals surface area contributed by atoms with E-state index < -0.39 is 0 Å². The summed E-state index contributed by atoms with van der Waals surface area (Å²) >= 11 is 0. The van der Waals surface area contributed by atoms with Crippen LogP contribution in [0.1, 0.15) is 25.6 Å². The highest BCUT2D eigenvalue weighted by molar-refractivity contribution is 5.36. The summed E-state index contributed by atoms with van der Waals surface area (Å²) in [5.74, 6) is 2.36. The number of aromatic amines is 1. The fourth-order valence-electron chi connectivity index (χ4n) is 1.64. The van der Waals surface area contributed by atoms with Crippen LogP contribution < -0.4 is 10.5 Å². The van der Waals surface area contributed by atoms with E-state index in [4.69, 9.17) is 0 Å². The summed E-state index contributed by atoms with van der Waals surface area (Å²) in [6.45, 7) is 3.00. The standard InChI is InChI=1S/C11H17N3O/c1-3-9-12-10(6-11(15)13-9)14(2)7-8-4-5-8/h6,8H,3-5,7H2,1-2H3,(H,12,13,15). The number of hydrogen-bond acceptors (Lipinski definition) is 3. The van der Waals surface area contributed by atoms with Crippen molar-refractivity contribution in [1.82, 2.24) is 9.97 Å². The molecule has 0 saturated heterocycles. The largest absolute Gasteiger partial charge is 0.359 e. The van der Waals surface area contributed by atoms with Crippen molar-refractivity contribution < 1.29 is 0 Å². The quantitative estimate of drug-likeness (QED) is 0.806. The first-order valence-electron chi connectivity index (χ1n) is 5.50. The van der Waals surface area contributed by atoms with Gasteiger partial charge in [-0.2, -0.15) is 0 Å². The van der Waals surface area contributed by atoms with E-state index in [-0.39, 0.29) is 5.56 Å². The van der Waals surface area contributed by atoms with Crippen LogP contribution in [-0.2, 0) is 6.42 Å². The normalized spacial score (nSPS) is 15.3. The number of aromatic nitrogens is 2. The van der Waals surface area contributed by atoms with E-state index in [2.05, 4.69) is 14.9 Å². The van der Waals surface area contributed by atoms with Crippen LogP contribution in [0.2, 0.25) is 0 Å². The van der Waals surface area contributed by atoms with Crippen molar-refractivity contribution in [3.05, 3.63) is 22.2 Å². The van der Waals surface area contributed by atoms with Gasteiger partial charge in [-0.15, -0.1) is 0 Å². The minimum Gasteiger partial charge on any atom is -0.359 e. The van der Waals surface area contributed by atoms with Crippen molar-refractivity contribution >= 4 is 5.82 Å². The van der Waals surface area contributed by atoms with Gasteiger partial charge in [0.05, 0.1) is 0 Å². The molecule has 1 aromatic rings. The third-order valence-electron chi connectivity index (χ3n) is 2.73. The lowest BCUT2D eigenvalue weighted by Gasteiger charge is -2.17. The van der Waals surface area contributed by atoms with Crippen molar-refractivity contribution in [2.24, 2.45) is 5.92 Å². The van der Waals surface area contributed by atoms with E-state index >= 15 is 0 Å². The summed E-state index contributed by atoms with van der Waals surface area (Å²) < 4.78 is 0. The van der Waals surface area contributed by atoms with Crippen LogP contribution in [0.4, 0.5) is 5.82 Å². The maximum Gasteiger partial charge on any atom is 0.252 e. The van der Waals surface area contributed by atoms with Gasteiger partial charge >= 0.3 is 0 Å². The van der Waals surface area contributed by atoms with Crippen molar-refractivity contribution in [1.29, 1.82) is 0 Å². The number of rotatable bonds is 4. The zero-order valence-corrected chi connectivity index (χ0v) is 9.29. The number of H-pyrrole nitrogens is 1. The van der Waals surface area contributed by atoms with Crippen LogP contribution in [0.5, 0.6) is 0 Å². The molecule has 4 nitrogen and oxygen atoms in total. The maximum absolute atomic E-state index is 11.4. The third kappa shape index (κ3) is 2.58. The van der Waals surface area contributed by atoms with Crippen LogP contribution >= 0.6 is 0 Å². The van der Waals surface area contributed by atoms with E-state index in [1.165, 1.54) is 12.8 Å². The Morgan fingerprint density at radius 1 is 1.60 bits per heavy atom. The Kier molecular flexibility index (Phi) is 2.75. The Morgan fingerprint density at radius 2 is 2.33 bits per heavy atom. The van der Waals surface area contributed by atoms with Crippen LogP contribution in [0.3, 0.4) is 0 Å². The second kappa shape index (κ2) is 4.04. The fraction of sp³-hybridized carbons (Fsp3) is 0.636. The minimum absolute atomic E-state index is 0.0560. The van der Waals surface area contributed by atoms with Gasteiger partial charge in [0.15, 0.2) is 0 Å². The summed E-state index contributed by atoms with van der Waals surface area (Å²) in [7, 11) is 2.00. The molecule has 82 valence electrons. The third-order valence-corrected chi connectivity index (χ3v) is 2.73. The van der Waals surface area contributed by atoms with Crippen LogP contribution in [0.25, 0.3) is 0 Å². The molecule has 0 radical (unpaired) electrons. The van der Waals surface area contributed by atoms with E-state index in [9.17, 15) is 4.79 Å². The van der Waals surface area contributed by atoms with Gasteiger partial charge in [0.2, 0.25) is 0 Å². The predicted molar refractivity (Wildman–Crippen MR) is 60.2 cm³/mol. The van der Waals surface area contributed by atoms with Crippen molar-refractivity contribution in [2.75, 3.05) is 18.5 Å². The van der Waals surface area contributed by atoms with Gasteiger partial charge in [-0.25, -0.2) is 4.98 Å². The molecule has 2 rings (SSSR count). The highest BCUT2D eigenvalue weighted by atomic mass is 16.1. The molecule has 0 bridgehead atoms. The average Bonchev–Trinajstić information content (AvgIpc) is 3.00. The summed E-state index contributed by atoms with van der Waals surface area (Å²) in [4.78, 5) is 20.6. The molecule has 0 aromatic carbocycles. The summed E-state index contributed by atoms with van der Waals surface area (Å²) in [6, 6.07) is 1.57. The first-order chi connectivity index (χ1) is 7.19. The number of aryl methyl sites for hydroxylation is 1. The molecule has 1 heterocycles. The second-order valence-electron chi connectivity index (χ2n) is 4.23. The first kappa shape index (κ1) is 10.2. The van der Waals surface area contributed by atoms with Crippen molar-refractivity contribution in [3.8, 4) is 0 Å². The Hall–Kier alpha value is -1.32. The van der Waals surface area contributed by atoms with Crippen molar-refractivity contribution in [3.63, 3.8) is 0 Å². The van der Waals surface area contributed by atoms with Gasteiger partial charge in [-0.3, -0.25) is 4.79 Å². The lowest BCUT2D eigenvalue weighted by Crippen LogP contribution is -2.24. The Bertz CT molecular complexity index is 395. The molecule has 1 aliphatic carbocycles. The number of nitrogens with one attached hydrogen (secondary N) is 1. The molecule has 1 saturated carbocycles. The lowest BCUT2D eigenvalue weighted by molar-refractivity contribution is 0.766. The molecular formula is C11H17N3O. The molecule has 0 amide bonds. The summed E-state index contributed by atoms with van der Waals surface area (Å²) in [5.41, 5.74) is -0.0560. The van der Waals surface area contributed by atoms with Gasteiger partial charge in [0.25, 0.3) is 5.56 Å². The predicted octanol–water partition coefficient (Wildman–Crippen LogP) is 1.18. The van der Waals surface area contributed by atoms with Crippen LogP contribution in [0.15, 0.2) is 10.9 Å². The molecule has 4 heteroatoms. The second-order valence-corrected chi connectivity index (χ2v) is 4.23. The Balaban J connectivity index is 2.17. The SMILES string of the molecule is CCc1nc(N(C)CC2CC2)cc(=O)[nH]1. The van der Waals surface area contributed by atoms with Gasteiger partial charge in [-0.05, 0) is 18.8 Å². The van der Waals surface area contributed by atoms with Gasteiger partial charge in [0.1, 0.15) is 11.6 Å². The highest BCUT2D eigenvalue weighted by Gasteiger charge is 2.23. The molecule has 0 unspecified atom stereocenters. The maximum atomic E-state index is 11.4. The Morgan fingerprint density at radius 3 is 2.93 bits per heavy atom. The van der Waals surface area contributed by atoms with E-state index in [1.54, 1.807) is 6.07 Å². The highest BCUT2D eigenvalue weighted by Crippen LogP contribution is 2.30. The number of hydrogen-bond donors (Lipinski definition) is 1. The van der Waals surface area contributed by atoms with E-state index in [0.717, 1.165) is 30.5 Å². The minimum atomic E-state index is -0.0560. The molecule has 1 aliphatic rings. The molecule has 0 aliphatic heterocycles.